The first-order chi connectivity index (χ1) is 11.1. The fraction of sp³-hybridized carbons (Fsp3) is 0.125. The predicted molar refractivity (Wildman–Crippen MR) is 90.8 cm³/mol. The highest BCUT2D eigenvalue weighted by atomic mass is 35.5. The highest BCUT2D eigenvalue weighted by Crippen LogP contribution is 2.19. The molecule has 2 aromatic carbocycles. The van der Waals surface area contributed by atoms with Crippen molar-refractivity contribution in [3.05, 3.63) is 59.1 Å². The Morgan fingerprint density at radius 1 is 1.04 bits per heavy atom. The van der Waals surface area contributed by atoms with E-state index in [1.54, 1.807) is 43.5 Å². The van der Waals surface area contributed by atoms with Gasteiger partial charge in [-0.3, -0.25) is 20.4 Å². The molecule has 0 aliphatic carbocycles. The Kier molecular flexibility index (Phi) is 6.31. The Morgan fingerprint density at radius 3 is 2.30 bits per heavy atom. The van der Waals surface area contributed by atoms with E-state index in [1.807, 2.05) is 12.1 Å². The van der Waals surface area contributed by atoms with E-state index in [0.717, 1.165) is 4.90 Å². The summed E-state index contributed by atoms with van der Waals surface area (Å²) in [6, 6.07) is 13.7. The van der Waals surface area contributed by atoms with E-state index in [-0.39, 0.29) is 11.7 Å². The molecule has 0 saturated heterocycles. The number of hydrogen-bond donors (Lipinski definition) is 2. The maximum absolute atomic E-state index is 11.9. The molecular weight excluding hydrogens is 336 g/mol. The number of hydrazine groups is 1. The van der Waals surface area contributed by atoms with Gasteiger partial charge in [0.25, 0.3) is 5.91 Å². The van der Waals surface area contributed by atoms with Crippen molar-refractivity contribution in [1.29, 1.82) is 0 Å². The Labute approximate surface area is 143 Å². The van der Waals surface area contributed by atoms with Crippen LogP contribution in [0, 0.1) is 0 Å². The SMILES string of the molecule is COc1ccc(C(=O)NNC(=O)CSc2ccc(Cl)cc2)cc1. The maximum Gasteiger partial charge on any atom is 0.269 e. The summed E-state index contributed by atoms with van der Waals surface area (Å²) in [5.41, 5.74) is 5.17. The van der Waals surface area contributed by atoms with Gasteiger partial charge in [0, 0.05) is 15.5 Å². The minimum absolute atomic E-state index is 0.185. The molecule has 0 radical (unpaired) electrons. The number of carbonyl (C=O) groups is 2. The van der Waals surface area contributed by atoms with Crippen LogP contribution in [0.3, 0.4) is 0 Å². The van der Waals surface area contributed by atoms with Gasteiger partial charge in [0.05, 0.1) is 12.9 Å². The van der Waals surface area contributed by atoms with Gasteiger partial charge in [-0.25, -0.2) is 0 Å². The number of halogens is 1. The molecular formula is C16H15ClN2O3S. The van der Waals surface area contributed by atoms with Gasteiger partial charge in [0.15, 0.2) is 0 Å². The van der Waals surface area contributed by atoms with Gasteiger partial charge >= 0.3 is 0 Å². The Bertz CT molecular complexity index is 675. The Morgan fingerprint density at radius 2 is 1.70 bits per heavy atom. The molecule has 0 heterocycles. The average molecular weight is 351 g/mol. The first-order valence-electron chi connectivity index (χ1n) is 6.70. The maximum atomic E-state index is 11.9. The van der Waals surface area contributed by atoms with Crippen LogP contribution < -0.4 is 15.6 Å². The van der Waals surface area contributed by atoms with Crippen LogP contribution in [-0.2, 0) is 4.79 Å². The molecule has 0 atom stereocenters. The topological polar surface area (TPSA) is 67.4 Å². The summed E-state index contributed by atoms with van der Waals surface area (Å²) in [7, 11) is 1.55. The van der Waals surface area contributed by atoms with Crippen molar-refractivity contribution in [2.75, 3.05) is 12.9 Å². The second-order valence-corrected chi connectivity index (χ2v) is 5.96. The third-order valence-electron chi connectivity index (χ3n) is 2.85. The molecule has 2 aromatic rings. The largest absolute Gasteiger partial charge is 0.497 e. The van der Waals surface area contributed by atoms with Crippen LogP contribution in [0.5, 0.6) is 5.75 Å². The van der Waals surface area contributed by atoms with Crippen LogP contribution in [0.4, 0.5) is 0 Å². The van der Waals surface area contributed by atoms with E-state index >= 15 is 0 Å². The zero-order chi connectivity index (χ0) is 16.7. The van der Waals surface area contributed by atoms with Crippen LogP contribution in [0.1, 0.15) is 10.4 Å². The average Bonchev–Trinajstić information content (AvgIpc) is 2.59. The molecule has 120 valence electrons. The molecule has 2 N–H and O–H groups in total. The molecule has 0 bridgehead atoms. The molecule has 0 unspecified atom stereocenters. The van der Waals surface area contributed by atoms with Crippen molar-refractivity contribution < 1.29 is 14.3 Å². The highest BCUT2D eigenvalue weighted by molar-refractivity contribution is 8.00. The van der Waals surface area contributed by atoms with Crippen molar-refractivity contribution in [3.63, 3.8) is 0 Å². The standard InChI is InChI=1S/C16H15ClN2O3S/c1-22-13-6-2-11(3-7-13)16(21)19-18-15(20)10-23-14-8-4-12(17)5-9-14/h2-9H,10H2,1H3,(H,18,20)(H,19,21). The lowest BCUT2D eigenvalue weighted by Gasteiger charge is -2.08. The van der Waals surface area contributed by atoms with E-state index < -0.39 is 5.91 Å². The molecule has 2 rings (SSSR count). The van der Waals surface area contributed by atoms with Crippen molar-refractivity contribution in [3.8, 4) is 5.75 Å². The number of carbonyl (C=O) groups excluding carboxylic acids is 2. The van der Waals surface area contributed by atoms with Crippen LogP contribution in [0.2, 0.25) is 5.02 Å². The lowest BCUT2D eigenvalue weighted by atomic mass is 10.2. The van der Waals surface area contributed by atoms with Gasteiger partial charge in [-0.05, 0) is 48.5 Å². The number of benzene rings is 2. The molecule has 7 heteroatoms. The van der Waals surface area contributed by atoms with E-state index in [2.05, 4.69) is 10.9 Å². The van der Waals surface area contributed by atoms with Crippen molar-refractivity contribution in [1.82, 2.24) is 10.9 Å². The van der Waals surface area contributed by atoms with Crippen LogP contribution in [0.25, 0.3) is 0 Å². The zero-order valence-corrected chi connectivity index (χ0v) is 13.9. The second kappa shape index (κ2) is 8.45. The van der Waals surface area contributed by atoms with Gasteiger partial charge in [-0.1, -0.05) is 11.6 Å². The van der Waals surface area contributed by atoms with E-state index in [4.69, 9.17) is 16.3 Å². The second-order valence-electron chi connectivity index (χ2n) is 4.47. The number of ether oxygens (including phenoxy) is 1. The van der Waals surface area contributed by atoms with E-state index in [1.165, 1.54) is 11.8 Å². The molecule has 5 nitrogen and oxygen atoms in total. The molecule has 0 spiro atoms. The van der Waals surface area contributed by atoms with Gasteiger partial charge in [-0.15, -0.1) is 11.8 Å². The number of hydrogen-bond acceptors (Lipinski definition) is 4. The van der Waals surface area contributed by atoms with Crippen molar-refractivity contribution in [2.24, 2.45) is 0 Å². The molecule has 0 saturated carbocycles. The molecule has 0 fully saturated rings. The summed E-state index contributed by atoms with van der Waals surface area (Å²) in [6.45, 7) is 0. The quantitative estimate of drug-likeness (QED) is 0.642. The van der Waals surface area contributed by atoms with Crippen molar-refractivity contribution >= 4 is 35.2 Å². The number of thioether (sulfide) groups is 1. The van der Waals surface area contributed by atoms with Gasteiger partial charge < -0.3 is 4.74 Å². The summed E-state index contributed by atoms with van der Waals surface area (Å²) in [5, 5.41) is 0.644. The fourth-order valence-electron chi connectivity index (χ4n) is 1.66. The Balaban J connectivity index is 1.76. The monoisotopic (exact) mass is 350 g/mol. The van der Waals surface area contributed by atoms with Crippen LogP contribution in [-0.4, -0.2) is 24.7 Å². The Hall–Kier alpha value is -2.18. The number of methoxy groups -OCH3 is 1. The van der Waals surface area contributed by atoms with Crippen LogP contribution >= 0.6 is 23.4 Å². The zero-order valence-electron chi connectivity index (χ0n) is 12.3. The molecule has 0 aliphatic heterocycles. The van der Waals surface area contributed by atoms with Crippen molar-refractivity contribution in [2.45, 2.75) is 4.90 Å². The third kappa shape index (κ3) is 5.50. The highest BCUT2D eigenvalue weighted by Gasteiger charge is 2.08. The summed E-state index contributed by atoms with van der Waals surface area (Å²) < 4.78 is 5.02. The van der Waals surface area contributed by atoms with Gasteiger partial charge in [-0.2, -0.15) is 0 Å². The van der Waals surface area contributed by atoms with Gasteiger partial charge in [0.1, 0.15) is 5.75 Å². The summed E-state index contributed by atoms with van der Waals surface area (Å²) in [6.07, 6.45) is 0. The summed E-state index contributed by atoms with van der Waals surface area (Å²) >= 11 is 7.14. The fourth-order valence-corrected chi connectivity index (χ4v) is 2.48. The summed E-state index contributed by atoms with van der Waals surface area (Å²) in [4.78, 5) is 24.5. The third-order valence-corrected chi connectivity index (χ3v) is 4.12. The molecule has 0 aromatic heterocycles. The summed E-state index contributed by atoms with van der Waals surface area (Å²) in [5.74, 6) is 0.152. The first kappa shape index (κ1) is 17.2. The van der Waals surface area contributed by atoms with Crippen LogP contribution in [0.15, 0.2) is 53.4 Å². The lowest BCUT2D eigenvalue weighted by Crippen LogP contribution is -2.42. The minimum atomic E-state index is -0.391. The number of amides is 2. The lowest BCUT2D eigenvalue weighted by molar-refractivity contribution is -0.119. The molecule has 2 amide bonds. The van der Waals surface area contributed by atoms with Gasteiger partial charge in [0.2, 0.25) is 5.91 Å². The smallest absolute Gasteiger partial charge is 0.269 e. The van der Waals surface area contributed by atoms with E-state index in [0.29, 0.717) is 16.3 Å². The minimum Gasteiger partial charge on any atom is -0.497 e. The normalized spacial score (nSPS) is 10.0. The number of rotatable bonds is 5. The molecule has 23 heavy (non-hydrogen) atoms. The molecule has 0 aliphatic rings. The van der Waals surface area contributed by atoms with E-state index in [9.17, 15) is 9.59 Å². The predicted octanol–water partition coefficient (Wildman–Crippen LogP) is 2.90. The first-order valence-corrected chi connectivity index (χ1v) is 8.06. The number of nitrogens with one attached hydrogen (secondary N) is 2.